The van der Waals surface area contributed by atoms with E-state index in [9.17, 15) is 9.59 Å². The molecular weight excluding hydrogens is 184 g/mol. The Morgan fingerprint density at radius 2 is 2.08 bits per heavy atom. The molecule has 0 spiro atoms. The van der Waals surface area contributed by atoms with Gasteiger partial charge in [0, 0.05) is 0 Å². The highest BCUT2D eigenvalue weighted by Gasteiger charge is 2.33. The first-order valence-corrected chi connectivity index (χ1v) is 3.29. The van der Waals surface area contributed by atoms with E-state index >= 15 is 0 Å². The number of carbonyl (C=O) groups excluding carboxylic acids is 2. The maximum Gasteiger partial charge on any atom is 0.230 e. The lowest BCUT2D eigenvalue weighted by molar-refractivity contribution is -0.140. The zero-order chi connectivity index (χ0) is 8.43. The average molecular weight is 195 g/mol. The number of carbonyl (C=O) groups is 2. The fourth-order valence-corrected chi connectivity index (χ4v) is 0.958. The fraction of sp³-hybridized carbons (Fsp3) is 0.667. The van der Waals surface area contributed by atoms with E-state index in [4.69, 9.17) is 16.2 Å². The van der Waals surface area contributed by atoms with E-state index in [0.29, 0.717) is 0 Å². The molecule has 0 radical (unpaired) electrons. The third-order valence-corrected chi connectivity index (χ3v) is 1.63. The van der Waals surface area contributed by atoms with Gasteiger partial charge in [-0.2, -0.15) is 0 Å². The number of amides is 1. The summed E-state index contributed by atoms with van der Waals surface area (Å²) in [6, 6.07) is -0.693. The van der Waals surface area contributed by atoms with E-state index in [2.05, 4.69) is 0 Å². The zero-order valence-corrected chi connectivity index (χ0v) is 7.17. The third-order valence-electron chi connectivity index (χ3n) is 1.63. The molecule has 2 atom stereocenters. The summed E-state index contributed by atoms with van der Waals surface area (Å²) in [5, 5.41) is 0. The lowest BCUT2D eigenvalue weighted by Crippen LogP contribution is -2.50. The molecule has 12 heavy (non-hydrogen) atoms. The van der Waals surface area contributed by atoms with Gasteiger partial charge in [0.25, 0.3) is 0 Å². The van der Waals surface area contributed by atoms with Crippen LogP contribution in [0.15, 0.2) is 0 Å². The summed E-state index contributed by atoms with van der Waals surface area (Å²) in [4.78, 5) is 21.6. The third kappa shape index (κ3) is 2.17. The highest BCUT2D eigenvalue weighted by molar-refractivity contribution is 6.03. The zero-order valence-electron chi connectivity index (χ0n) is 6.36. The van der Waals surface area contributed by atoms with E-state index in [1.165, 1.54) is 0 Å². The molecule has 1 aliphatic heterocycles. The number of rotatable bonds is 1. The van der Waals surface area contributed by atoms with Crippen molar-refractivity contribution in [2.24, 2.45) is 17.4 Å². The predicted molar refractivity (Wildman–Crippen MR) is 43.7 cm³/mol. The Balaban J connectivity index is 0.00000121. The molecule has 4 N–H and O–H groups in total. The van der Waals surface area contributed by atoms with Crippen molar-refractivity contribution in [2.75, 3.05) is 13.2 Å². The minimum absolute atomic E-state index is 0. The number of halogens is 1. The van der Waals surface area contributed by atoms with Gasteiger partial charge in [0.05, 0.1) is 19.3 Å². The minimum atomic E-state index is -0.848. The summed E-state index contributed by atoms with van der Waals surface area (Å²) in [5.74, 6) is -1.83. The molecule has 1 saturated heterocycles. The van der Waals surface area contributed by atoms with E-state index < -0.39 is 17.9 Å². The summed E-state index contributed by atoms with van der Waals surface area (Å²) in [7, 11) is 0. The summed E-state index contributed by atoms with van der Waals surface area (Å²) in [5.41, 5.74) is 10.2. The van der Waals surface area contributed by atoms with Crippen LogP contribution in [-0.2, 0) is 14.3 Å². The highest BCUT2D eigenvalue weighted by atomic mass is 35.5. The highest BCUT2D eigenvalue weighted by Crippen LogP contribution is 2.07. The van der Waals surface area contributed by atoms with E-state index in [0.717, 1.165) is 0 Å². The number of nitrogens with two attached hydrogens (primary N) is 2. The van der Waals surface area contributed by atoms with E-state index in [1.54, 1.807) is 0 Å². The van der Waals surface area contributed by atoms with Gasteiger partial charge >= 0.3 is 0 Å². The van der Waals surface area contributed by atoms with Gasteiger partial charge in [-0.3, -0.25) is 9.59 Å². The SMILES string of the molecule is Cl.NC(=O)C1COCC(N)C1=O. The second kappa shape index (κ2) is 4.39. The second-order valence-corrected chi connectivity index (χ2v) is 2.50. The van der Waals surface area contributed by atoms with Crippen molar-refractivity contribution in [2.45, 2.75) is 6.04 Å². The maximum atomic E-state index is 11.1. The summed E-state index contributed by atoms with van der Waals surface area (Å²) in [6.07, 6.45) is 0. The van der Waals surface area contributed by atoms with Crippen molar-refractivity contribution in [1.82, 2.24) is 0 Å². The van der Waals surface area contributed by atoms with Crippen LogP contribution >= 0.6 is 12.4 Å². The van der Waals surface area contributed by atoms with Crippen molar-refractivity contribution in [3.8, 4) is 0 Å². The van der Waals surface area contributed by atoms with Crippen molar-refractivity contribution >= 4 is 24.1 Å². The summed E-state index contributed by atoms with van der Waals surface area (Å²) in [6.45, 7) is 0.254. The van der Waals surface area contributed by atoms with Crippen LogP contribution in [0.4, 0.5) is 0 Å². The quantitative estimate of drug-likeness (QED) is 0.494. The van der Waals surface area contributed by atoms with E-state index in [-0.39, 0.29) is 31.4 Å². The van der Waals surface area contributed by atoms with E-state index in [1.807, 2.05) is 0 Å². The number of primary amides is 1. The lowest BCUT2D eigenvalue weighted by Gasteiger charge is -2.22. The Morgan fingerprint density at radius 3 is 2.50 bits per heavy atom. The van der Waals surface area contributed by atoms with Crippen molar-refractivity contribution in [3.05, 3.63) is 0 Å². The topological polar surface area (TPSA) is 95.4 Å². The second-order valence-electron chi connectivity index (χ2n) is 2.50. The first-order chi connectivity index (χ1) is 5.13. The van der Waals surface area contributed by atoms with Gasteiger partial charge in [-0.15, -0.1) is 12.4 Å². The average Bonchev–Trinajstić information content (AvgIpc) is 1.94. The van der Waals surface area contributed by atoms with Crippen LogP contribution in [0.5, 0.6) is 0 Å². The number of ketones is 1. The molecule has 1 aliphatic rings. The van der Waals surface area contributed by atoms with Crippen molar-refractivity contribution < 1.29 is 14.3 Å². The van der Waals surface area contributed by atoms with Crippen LogP contribution in [-0.4, -0.2) is 30.9 Å². The van der Waals surface area contributed by atoms with Crippen LogP contribution in [0, 0.1) is 5.92 Å². The fourth-order valence-electron chi connectivity index (χ4n) is 0.958. The van der Waals surface area contributed by atoms with Crippen LogP contribution in [0.25, 0.3) is 0 Å². The molecule has 1 fully saturated rings. The van der Waals surface area contributed by atoms with Crippen molar-refractivity contribution in [1.29, 1.82) is 0 Å². The van der Waals surface area contributed by atoms with Gasteiger partial charge in [-0.1, -0.05) is 0 Å². The molecule has 1 heterocycles. The molecule has 1 amide bonds. The Morgan fingerprint density at radius 1 is 1.50 bits per heavy atom. The molecule has 0 aromatic heterocycles. The lowest BCUT2D eigenvalue weighted by atomic mass is 9.97. The van der Waals surface area contributed by atoms with Gasteiger partial charge in [0.15, 0.2) is 5.78 Å². The van der Waals surface area contributed by atoms with Crippen LogP contribution in [0.2, 0.25) is 0 Å². The molecule has 6 heteroatoms. The minimum Gasteiger partial charge on any atom is -0.378 e. The molecule has 5 nitrogen and oxygen atoms in total. The maximum absolute atomic E-state index is 11.1. The van der Waals surface area contributed by atoms with Crippen molar-refractivity contribution in [3.63, 3.8) is 0 Å². The Labute approximate surface area is 75.8 Å². The molecule has 0 bridgehead atoms. The largest absolute Gasteiger partial charge is 0.378 e. The monoisotopic (exact) mass is 194 g/mol. The molecule has 0 aromatic carbocycles. The van der Waals surface area contributed by atoms with Gasteiger partial charge in [0.1, 0.15) is 5.92 Å². The Kier molecular flexibility index (Phi) is 4.16. The van der Waals surface area contributed by atoms with Gasteiger partial charge in [-0.25, -0.2) is 0 Å². The van der Waals surface area contributed by atoms with Gasteiger partial charge in [0.2, 0.25) is 5.91 Å². The molecule has 70 valence electrons. The molecular formula is C6H11ClN2O3. The smallest absolute Gasteiger partial charge is 0.230 e. The number of ether oxygens (including phenoxy) is 1. The molecule has 0 aliphatic carbocycles. The predicted octanol–water partition coefficient (Wildman–Crippen LogP) is -1.56. The number of Topliss-reactive ketones (excluding diaryl/α,β-unsaturated/α-hetero) is 1. The first-order valence-electron chi connectivity index (χ1n) is 3.29. The number of hydrogen-bond donors (Lipinski definition) is 2. The summed E-state index contributed by atoms with van der Waals surface area (Å²) < 4.78 is 4.88. The van der Waals surface area contributed by atoms with Crippen LogP contribution in [0.1, 0.15) is 0 Å². The number of hydrogen-bond acceptors (Lipinski definition) is 4. The summed E-state index contributed by atoms with van der Waals surface area (Å²) >= 11 is 0. The van der Waals surface area contributed by atoms with Crippen LogP contribution in [0.3, 0.4) is 0 Å². The molecule has 2 unspecified atom stereocenters. The van der Waals surface area contributed by atoms with Gasteiger partial charge < -0.3 is 16.2 Å². The standard InChI is InChI=1S/C6H10N2O3.ClH/c7-4-2-11-1-3(5(4)9)6(8)10;/h3-4H,1-2,7H2,(H2,8,10);1H. The molecule has 1 rings (SSSR count). The first kappa shape index (κ1) is 11.4. The molecule has 0 saturated carbocycles. The normalized spacial score (nSPS) is 29.2. The Hall–Kier alpha value is -0.650. The molecule has 0 aromatic rings. The van der Waals surface area contributed by atoms with Crippen LogP contribution < -0.4 is 11.5 Å². The van der Waals surface area contributed by atoms with Gasteiger partial charge in [-0.05, 0) is 0 Å². The Bertz CT molecular complexity index is 197.